The summed E-state index contributed by atoms with van der Waals surface area (Å²) in [4.78, 5) is 21.7. The molecule has 4 rings (SSSR count). The van der Waals surface area contributed by atoms with Crippen LogP contribution in [0.2, 0.25) is 0 Å². The number of carbonyl (C=O) groups excluding carboxylic acids is 1. The Hall–Kier alpha value is -1.47. The number of amides is 1. The van der Waals surface area contributed by atoms with Crippen molar-refractivity contribution in [3.05, 3.63) is 11.7 Å². The second-order valence-electron chi connectivity index (χ2n) is 7.60. The molecule has 0 aromatic carbocycles. The van der Waals surface area contributed by atoms with E-state index in [4.69, 9.17) is 9.26 Å². The molecule has 1 aromatic rings. The van der Waals surface area contributed by atoms with Gasteiger partial charge in [0.25, 0.3) is 0 Å². The highest BCUT2D eigenvalue weighted by molar-refractivity contribution is 5.79. The molecule has 1 aromatic heterocycles. The number of carbonyl (C=O) groups is 1. The van der Waals surface area contributed by atoms with Gasteiger partial charge in [-0.2, -0.15) is 4.98 Å². The molecule has 138 valence electrons. The Morgan fingerprint density at radius 3 is 2.84 bits per heavy atom. The summed E-state index contributed by atoms with van der Waals surface area (Å²) in [6.45, 7) is 6.95. The Bertz CT molecular complexity index is 601. The lowest BCUT2D eigenvalue weighted by atomic mass is 9.94. The predicted molar refractivity (Wildman–Crippen MR) is 90.9 cm³/mol. The van der Waals surface area contributed by atoms with Crippen molar-refractivity contribution in [1.29, 1.82) is 0 Å². The van der Waals surface area contributed by atoms with Crippen LogP contribution >= 0.6 is 0 Å². The van der Waals surface area contributed by atoms with E-state index in [1.54, 1.807) is 0 Å². The summed E-state index contributed by atoms with van der Waals surface area (Å²) < 4.78 is 11.0. The highest BCUT2D eigenvalue weighted by Gasteiger charge is 2.33. The van der Waals surface area contributed by atoms with Gasteiger partial charge in [-0.3, -0.25) is 9.69 Å². The molecule has 7 nitrogen and oxygen atoms in total. The van der Waals surface area contributed by atoms with Gasteiger partial charge in [0.2, 0.25) is 11.8 Å². The first-order chi connectivity index (χ1) is 12.2. The van der Waals surface area contributed by atoms with Crippen LogP contribution in [0, 0.1) is 5.92 Å². The normalized spacial score (nSPS) is 28.8. The highest BCUT2D eigenvalue weighted by Crippen LogP contribution is 2.38. The van der Waals surface area contributed by atoms with Crippen LogP contribution in [0.5, 0.6) is 0 Å². The third-order valence-electron chi connectivity index (χ3n) is 5.60. The lowest BCUT2D eigenvalue weighted by molar-refractivity contribution is -0.143. The zero-order valence-corrected chi connectivity index (χ0v) is 15.0. The third kappa shape index (κ3) is 4.03. The molecule has 0 N–H and O–H groups in total. The zero-order valence-electron chi connectivity index (χ0n) is 15.0. The van der Waals surface area contributed by atoms with Crippen molar-refractivity contribution in [2.45, 2.75) is 57.6 Å². The maximum atomic E-state index is 12.9. The number of hydrogen-bond donors (Lipinski definition) is 0. The molecule has 0 bridgehead atoms. The molecule has 2 saturated heterocycles. The summed E-state index contributed by atoms with van der Waals surface area (Å²) in [5.74, 6) is 2.37. The van der Waals surface area contributed by atoms with Crippen LogP contribution in [0.1, 0.15) is 56.7 Å². The minimum atomic E-state index is 0.0265. The molecule has 0 spiro atoms. The van der Waals surface area contributed by atoms with Crippen molar-refractivity contribution in [2.24, 2.45) is 5.92 Å². The minimum Gasteiger partial charge on any atom is -0.378 e. The first kappa shape index (κ1) is 17.0. The van der Waals surface area contributed by atoms with Crippen LogP contribution in [-0.4, -0.2) is 64.7 Å². The van der Waals surface area contributed by atoms with Crippen LogP contribution in [0.3, 0.4) is 0 Å². The van der Waals surface area contributed by atoms with Crippen molar-refractivity contribution in [3.63, 3.8) is 0 Å². The Balaban J connectivity index is 1.30. The number of aromatic nitrogens is 2. The van der Waals surface area contributed by atoms with Gasteiger partial charge in [0, 0.05) is 38.7 Å². The van der Waals surface area contributed by atoms with Gasteiger partial charge in [0.15, 0.2) is 5.82 Å². The molecular weight excluding hydrogens is 320 g/mol. The molecule has 3 heterocycles. The van der Waals surface area contributed by atoms with Gasteiger partial charge in [0.1, 0.15) is 0 Å². The fraction of sp³-hybridized carbons (Fsp3) is 0.833. The molecule has 1 amide bonds. The lowest BCUT2D eigenvalue weighted by Crippen LogP contribution is -2.44. The van der Waals surface area contributed by atoms with Crippen molar-refractivity contribution in [1.82, 2.24) is 19.9 Å². The molecule has 2 unspecified atom stereocenters. The van der Waals surface area contributed by atoms with E-state index in [-0.39, 0.29) is 17.9 Å². The number of hydrogen-bond acceptors (Lipinski definition) is 6. The second-order valence-corrected chi connectivity index (χ2v) is 7.60. The van der Waals surface area contributed by atoms with E-state index in [2.05, 4.69) is 15.0 Å². The Morgan fingerprint density at radius 1 is 1.16 bits per heavy atom. The SMILES string of the molecule is CC1OCCCC1C(=O)N1CCCN(Cc2noc(C3CC3)n2)CC1. The third-order valence-corrected chi connectivity index (χ3v) is 5.60. The predicted octanol–water partition coefficient (Wildman–Crippen LogP) is 1.80. The highest BCUT2D eigenvalue weighted by atomic mass is 16.5. The van der Waals surface area contributed by atoms with Gasteiger partial charge in [-0.05, 0) is 39.0 Å². The fourth-order valence-electron chi connectivity index (χ4n) is 3.86. The van der Waals surface area contributed by atoms with Crippen molar-refractivity contribution in [3.8, 4) is 0 Å². The number of nitrogens with zero attached hydrogens (tertiary/aromatic N) is 4. The van der Waals surface area contributed by atoms with E-state index in [0.717, 1.165) is 63.8 Å². The van der Waals surface area contributed by atoms with E-state index in [9.17, 15) is 4.79 Å². The van der Waals surface area contributed by atoms with Crippen molar-refractivity contribution in [2.75, 3.05) is 32.8 Å². The molecule has 0 radical (unpaired) electrons. The zero-order chi connectivity index (χ0) is 17.2. The van der Waals surface area contributed by atoms with Crippen LogP contribution in [-0.2, 0) is 16.1 Å². The number of rotatable bonds is 4. The maximum absolute atomic E-state index is 12.9. The van der Waals surface area contributed by atoms with Crippen LogP contribution < -0.4 is 0 Å². The van der Waals surface area contributed by atoms with Gasteiger partial charge in [0.05, 0.1) is 18.6 Å². The summed E-state index contributed by atoms with van der Waals surface area (Å²) in [7, 11) is 0. The van der Waals surface area contributed by atoms with Crippen molar-refractivity contribution >= 4 is 5.91 Å². The van der Waals surface area contributed by atoms with Crippen LogP contribution in [0.25, 0.3) is 0 Å². The average molecular weight is 348 g/mol. The standard InChI is InChI=1S/C18H28N4O3/c1-13-15(4-2-11-24-13)18(23)22-8-3-7-21(9-10-22)12-16-19-17(25-20-16)14-5-6-14/h13-15H,2-12H2,1H3. The molecule has 2 aliphatic heterocycles. The Kier molecular flexibility index (Phi) is 5.03. The average Bonchev–Trinajstić information content (AvgIpc) is 3.40. The first-order valence-electron chi connectivity index (χ1n) is 9.66. The molecular formula is C18H28N4O3. The Morgan fingerprint density at radius 2 is 2.04 bits per heavy atom. The summed E-state index contributed by atoms with van der Waals surface area (Å²) in [6.07, 6.45) is 5.31. The summed E-state index contributed by atoms with van der Waals surface area (Å²) in [6, 6.07) is 0. The van der Waals surface area contributed by atoms with Crippen LogP contribution in [0.4, 0.5) is 0 Å². The van der Waals surface area contributed by atoms with Crippen molar-refractivity contribution < 1.29 is 14.1 Å². The maximum Gasteiger partial charge on any atom is 0.229 e. The molecule has 2 atom stereocenters. The molecule has 1 aliphatic carbocycles. The monoisotopic (exact) mass is 348 g/mol. The van der Waals surface area contributed by atoms with Gasteiger partial charge >= 0.3 is 0 Å². The minimum absolute atomic E-state index is 0.0265. The van der Waals surface area contributed by atoms with E-state index in [0.29, 0.717) is 12.5 Å². The fourth-order valence-corrected chi connectivity index (χ4v) is 3.86. The largest absolute Gasteiger partial charge is 0.378 e. The molecule has 3 aliphatic rings. The first-order valence-corrected chi connectivity index (χ1v) is 9.66. The van der Waals surface area contributed by atoms with E-state index >= 15 is 0 Å². The summed E-state index contributed by atoms with van der Waals surface area (Å²) in [5.41, 5.74) is 0. The van der Waals surface area contributed by atoms with E-state index in [1.165, 1.54) is 12.8 Å². The Labute approximate surface area is 148 Å². The topological polar surface area (TPSA) is 71.7 Å². The molecule has 7 heteroatoms. The van der Waals surface area contributed by atoms with Gasteiger partial charge < -0.3 is 14.2 Å². The quantitative estimate of drug-likeness (QED) is 0.826. The molecule has 25 heavy (non-hydrogen) atoms. The van der Waals surface area contributed by atoms with E-state index in [1.807, 2.05) is 11.8 Å². The lowest BCUT2D eigenvalue weighted by Gasteiger charge is -2.32. The summed E-state index contributed by atoms with van der Waals surface area (Å²) in [5, 5.41) is 4.11. The van der Waals surface area contributed by atoms with E-state index < -0.39 is 0 Å². The molecule has 1 saturated carbocycles. The van der Waals surface area contributed by atoms with Crippen LogP contribution in [0.15, 0.2) is 4.52 Å². The summed E-state index contributed by atoms with van der Waals surface area (Å²) >= 11 is 0. The van der Waals surface area contributed by atoms with Gasteiger partial charge in [-0.15, -0.1) is 0 Å². The smallest absolute Gasteiger partial charge is 0.229 e. The second kappa shape index (κ2) is 7.41. The molecule has 3 fully saturated rings. The van der Waals surface area contributed by atoms with Gasteiger partial charge in [-0.1, -0.05) is 5.16 Å². The number of ether oxygens (including phenoxy) is 1. The van der Waals surface area contributed by atoms with Gasteiger partial charge in [-0.25, -0.2) is 0 Å².